The van der Waals surface area contributed by atoms with Gasteiger partial charge in [0, 0.05) is 12.6 Å². The second kappa shape index (κ2) is 7.59. The van der Waals surface area contributed by atoms with E-state index in [0.29, 0.717) is 5.56 Å². The topological polar surface area (TPSA) is 116 Å². The normalized spacial score (nSPS) is 10.8. The van der Waals surface area contributed by atoms with Gasteiger partial charge in [-0.25, -0.2) is 4.79 Å². The van der Waals surface area contributed by atoms with Gasteiger partial charge in [-0.3, -0.25) is 14.6 Å². The molecule has 9 heteroatoms. The molecule has 2 N–H and O–H groups in total. The summed E-state index contributed by atoms with van der Waals surface area (Å²) in [6.45, 7) is 0. The zero-order valence-electron chi connectivity index (χ0n) is 12.4. The fourth-order valence-electron chi connectivity index (χ4n) is 1.67. The molecule has 23 heavy (non-hydrogen) atoms. The Labute approximate surface area is 131 Å². The first-order valence-corrected chi connectivity index (χ1v) is 6.45. The Morgan fingerprint density at radius 1 is 1.30 bits per heavy atom. The molecule has 3 amide bonds. The SMILES string of the molecule is CNC(=O)NC(=O)/C(=C/OC)c1ccccc1Oc1ncno1. The number of rotatable bonds is 5. The molecular formula is C14H14N4O5. The molecule has 1 heterocycles. The molecule has 0 unspecified atom stereocenters. The Bertz CT molecular complexity index is 712. The number of hydrogen-bond acceptors (Lipinski definition) is 7. The summed E-state index contributed by atoms with van der Waals surface area (Å²) < 4.78 is 15.1. The summed E-state index contributed by atoms with van der Waals surface area (Å²) in [6, 6.07) is 5.99. The van der Waals surface area contributed by atoms with Gasteiger partial charge in [0.15, 0.2) is 6.33 Å². The molecule has 0 saturated carbocycles. The molecule has 0 spiro atoms. The van der Waals surface area contributed by atoms with E-state index in [1.807, 2.05) is 0 Å². The molecular weight excluding hydrogens is 304 g/mol. The van der Waals surface area contributed by atoms with Crippen molar-refractivity contribution in [2.24, 2.45) is 0 Å². The Morgan fingerprint density at radius 3 is 2.74 bits per heavy atom. The smallest absolute Gasteiger partial charge is 0.422 e. The zero-order valence-corrected chi connectivity index (χ0v) is 12.4. The van der Waals surface area contributed by atoms with Gasteiger partial charge >= 0.3 is 12.1 Å². The first-order chi connectivity index (χ1) is 11.2. The van der Waals surface area contributed by atoms with E-state index in [-0.39, 0.29) is 17.4 Å². The van der Waals surface area contributed by atoms with Crippen LogP contribution in [0.2, 0.25) is 0 Å². The predicted molar refractivity (Wildman–Crippen MR) is 78.4 cm³/mol. The molecule has 1 aromatic carbocycles. The van der Waals surface area contributed by atoms with Gasteiger partial charge < -0.3 is 14.8 Å². The minimum Gasteiger partial charge on any atom is -0.504 e. The minimum atomic E-state index is -0.659. The summed E-state index contributed by atoms with van der Waals surface area (Å²) in [7, 11) is 2.78. The molecule has 9 nitrogen and oxygen atoms in total. The van der Waals surface area contributed by atoms with E-state index < -0.39 is 11.9 Å². The van der Waals surface area contributed by atoms with Crippen molar-refractivity contribution in [3.05, 3.63) is 42.4 Å². The molecule has 0 aliphatic rings. The van der Waals surface area contributed by atoms with Gasteiger partial charge in [-0.1, -0.05) is 23.4 Å². The number of nitrogens with zero attached hydrogens (tertiary/aromatic N) is 2. The molecule has 2 aromatic rings. The summed E-state index contributed by atoms with van der Waals surface area (Å²) in [5.41, 5.74) is 0.472. The second-order valence-electron chi connectivity index (χ2n) is 4.11. The number of aromatic nitrogens is 2. The fourth-order valence-corrected chi connectivity index (χ4v) is 1.67. The van der Waals surface area contributed by atoms with Crippen molar-refractivity contribution in [1.29, 1.82) is 0 Å². The second-order valence-corrected chi connectivity index (χ2v) is 4.11. The maximum absolute atomic E-state index is 12.2. The van der Waals surface area contributed by atoms with E-state index in [9.17, 15) is 9.59 Å². The molecule has 0 bridgehead atoms. The highest BCUT2D eigenvalue weighted by Gasteiger charge is 2.20. The maximum Gasteiger partial charge on any atom is 0.422 e. The molecule has 1 aromatic heterocycles. The van der Waals surface area contributed by atoms with Crippen molar-refractivity contribution >= 4 is 17.5 Å². The standard InChI is InChI=1S/C14H14N4O5/c1-15-13(20)18-12(19)10(7-21-2)9-5-3-4-6-11(9)22-14-16-8-17-23-14/h3-8H,1-2H3,(H2,15,18,19,20)/b10-7+. The van der Waals surface area contributed by atoms with E-state index in [4.69, 9.17) is 14.0 Å². The Kier molecular flexibility index (Phi) is 5.29. The van der Waals surface area contributed by atoms with Crippen LogP contribution >= 0.6 is 0 Å². The Morgan fingerprint density at radius 2 is 2.09 bits per heavy atom. The highest BCUT2D eigenvalue weighted by molar-refractivity contribution is 6.23. The minimum absolute atomic E-state index is 0.0825. The van der Waals surface area contributed by atoms with Gasteiger partial charge in [-0.15, -0.1) is 0 Å². The third-order valence-electron chi connectivity index (χ3n) is 2.65. The molecule has 0 radical (unpaired) electrons. The van der Waals surface area contributed by atoms with Gasteiger partial charge in [0.25, 0.3) is 5.91 Å². The third-order valence-corrected chi connectivity index (χ3v) is 2.65. The molecule has 120 valence electrons. The van der Waals surface area contributed by atoms with Crippen LogP contribution in [0.5, 0.6) is 11.8 Å². The van der Waals surface area contributed by atoms with Crippen LogP contribution in [0, 0.1) is 0 Å². The number of hydrogen-bond donors (Lipinski definition) is 2. The molecule has 2 rings (SSSR count). The van der Waals surface area contributed by atoms with E-state index in [1.165, 1.54) is 26.7 Å². The highest BCUT2D eigenvalue weighted by atomic mass is 16.6. The Hall–Kier alpha value is -3.36. The van der Waals surface area contributed by atoms with Gasteiger partial charge in [0.2, 0.25) is 0 Å². The lowest BCUT2D eigenvalue weighted by molar-refractivity contribution is -0.114. The average Bonchev–Trinajstić information content (AvgIpc) is 3.06. The summed E-state index contributed by atoms with van der Waals surface area (Å²) >= 11 is 0. The summed E-state index contributed by atoms with van der Waals surface area (Å²) in [5, 5.41) is 7.88. The number of carbonyl (C=O) groups excluding carboxylic acids is 2. The number of ether oxygens (including phenoxy) is 2. The van der Waals surface area contributed by atoms with Crippen LogP contribution in [0.4, 0.5) is 4.79 Å². The van der Waals surface area contributed by atoms with Crippen LogP contribution in [-0.2, 0) is 9.53 Å². The first-order valence-electron chi connectivity index (χ1n) is 6.45. The van der Waals surface area contributed by atoms with E-state index in [0.717, 1.165) is 0 Å². The van der Waals surface area contributed by atoms with E-state index in [2.05, 4.69) is 20.8 Å². The van der Waals surface area contributed by atoms with Crippen LogP contribution in [0.3, 0.4) is 0 Å². The summed E-state index contributed by atoms with van der Waals surface area (Å²) in [5.74, 6) is -0.375. The number of amides is 3. The molecule has 0 saturated heterocycles. The number of methoxy groups -OCH3 is 1. The Balaban J connectivity index is 2.34. The van der Waals surface area contributed by atoms with Crippen LogP contribution in [-0.4, -0.2) is 36.2 Å². The van der Waals surface area contributed by atoms with Crippen molar-refractivity contribution in [3.63, 3.8) is 0 Å². The molecule has 0 fully saturated rings. The number of nitrogens with one attached hydrogen (secondary N) is 2. The van der Waals surface area contributed by atoms with Gasteiger partial charge in [0.05, 0.1) is 18.9 Å². The van der Waals surface area contributed by atoms with Gasteiger partial charge in [-0.2, -0.15) is 4.98 Å². The van der Waals surface area contributed by atoms with Crippen LogP contribution < -0.4 is 15.4 Å². The lowest BCUT2D eigenvalue weighted by Gasteiger charge is -2.11. The zero-order chi connectivity index (χ0) is 16.7. The monoisotopic (exact) mass is 318 g/mol. The largest absolute Gasteiger partial charge is 0.504 e. The van der Waals surface area contributed by atoms with Crippen molar-refractivity contribution in [3.8, 4) is 11.8 Å². The predicted octanol–water partition coefficient (Wildman–Crippen LogP) is 1.30. The quantitative estimate of drug-likeness (QED) is 0.630. The number of imide groups is 1. The number of para-hydroxylation sites is 1. The lowest BCUT2D eigenvalue weighted by atomic mass is 10.1. The van der Waals surface area contributed by atoms with Crippen LogP contribution in [0.25, 0.3) is 5.57 Å². The van der Waals surface area contributed by atoms with Crippen molar-refractivity contribution < 1.29 is 23.6 Å². The third kappa shape index (κ3) is 4.06. The van der Waals surface area contributed by atoms with Gasteiger partial charge in [-0.05, 0) is 6.07 Å². The van der Waals surface area contributed by atoms with Crippen molar-refractivity contribution in [2.75, 3.05) is 14.2 Å². The number of benzene rings is 1. The van der Waals surface area contributed by atoms with Crippen LogP contribution in [0.15, 0.2) is 41.4 Å². The average molecular weight is 318 g/mol. The van der Waals surface area contributed by atoms with Crippen molar-refractivity contribution in [2.45, 2.75) is 0 Å². The van der Waals surface area contributed by atoms with E-state index in [1.54, 1.807) is 24.3 Å². The molecule has 0 atom stereocenters. The maximum atomic E-state index is 12.2. The molecule has 0 aliphatic heterocycles. The highest BCUT2D eigenvalue weighted by Crippen LogP contribution is 2.29. The van der Waals surface area contributed by atoms with Crippen molar-refractivity contribution in [1.82, 2.24) is 20.8 Å². The van der Waals surface area contributed by atoms with Gasteiger partial charge in [0.1, 0.15) is 5.75 Å². The number of urea groups is 1. The fraction of sp³-hybridized carbons (Fsp3) is 0.143. The van der Waals surface area contributed by atoms with E-state index >= 15 is 0 Å². The summed E-state index contributed by atoms with van der Waals surface area (Å²) in [4.78, 5) is 27.3. The lowest BCUT2D eigenvalue weighted by Crippen LogP contribution is -2.37. The summed E-state index contributed by atoms with van der Waals surface area (Å²) in [6.07, 6.45) is 2.30. The number of carbonyl (C=O) groups is 2. The molecule has 0 aliphatic carbocycles. The first kappa shape index (κ1) is 16.0. The van der Waals surface area contributed by atoms with Crippen LogP contribution in [0.1, 0.15) is 5.56 Å².